The van der Waals surface area contributed by atoms with Crippen LogP contribution in [0.2, 0.25) is 0 Å². The maximum atomic E-state index is 4.93. The molecule has 0 bridgehead atoms. The SMILES string of the molecule is Cc1cc(-c2ncc(-c3sccc3C)cc2/C=C/c2ccccc2)cnc1-c1sccc1C. The van der Waals surface area contributed by atoms with Crippen LogP contribution in [0.1, 0.15) is 27.8 Å². The lowest BCUT2D eigenvalue weighted by atomic mass is 10.0. The molecule has 4 heteroatoms. The van der Waals surface area contributed by atoms with Crippen LogP contribution in [0.3, 0.4) is 0 Å². The summed E-state index contributed by atoms with van der Waals surface area (Å²) in [5.41, 5.74) is 10.1. The zero-order valence-corrected chi connectivity index (χ0v) is 20.5. The van der Waals surface area contributed by atoms with E-state index in [1.165, 1.54) is 26.4 Å². The zero-order chi connectivity index (χ0) is 22.8. The van der Waals surface area contributed by atoms with Gasteiger partial charge in [0.1, 0.15) is 0 Å². The normalized spacial score (nSPS) is 11.4. The van der Waals surface area contributed by atoms with E-state index < -0.39 is 0 Å². The lowest BCUT2D eigenvalue weighted by Gasteiger charge is -2.11. The molecule has 33 heavy (non-hydrogen) atoms. The number of aryl methyl sites for hydroxylation is 3. The first-order chi connectivity index (χ1) is 16.1. The van der Waals surface area contributed by atoms with Crippen molar-refractivity contribution in [2.24, 2.45) is 0 Å². The summed E-state index contributed by atoms with van der Waals surface area (Å²) in [4.78, 5) is 12.3. The first-order valence-corrected chi connectivity index (χ1v) is 12.7. The van der Waals surface area contributed by atoms with E-state index in [0.717, 1.165) is 33.6 Å². The fourth-order valence-corrected chi connectivity index (χ4v) is 5.85. The first-order valence-electron chi connectivity index (χ1n) is 10.9. The summed E-state index contributed by atoms with van der Waals surface area (Å²) in [5.74, 6) is 0. The van der Waals surface area contributed by atoms with Gasteiger partial charge in [-0.2, -0.15) is 0 Å². The topological polar surface area (TPSA) is 25.8 Å². The molecule has 0 aliphatic rings. The van der Waals surface area contributed by atoms with Crippen LogP contribution >= 0.6 is 22.7 Å². The summed E-state index contributed by atoms with van der Waals surface area (Å²) in [7, 11) is 0. The quantitative estimate of drug-likeness (QED) is 0.260. The Morgan fingerprint density at radius 1 is 0.636 bits per heavy atom. The lowest BCUT2D eigenvalue weighted by molar-refractivity contribution is 1.24. The number of rotatable bonds is 5. The van der Waals surface area contributed by atoms with Crippen molar-refractivity contribution in [1.82, 2.24) is 9.97 Å². The van der Waals surface area contributed by atoms with Crippen LogP contribution in [0, 0.1) is 20.8 Å². The van der Waals surface area contributed by atoms with E-state index in [-0.39, 0.29) is 0 Å². The van der Waals surface area contributed by atoms with Gasteiger partial charge in [-0.3, -0.25) is 9.97 Å². The molecule has 1 aromatic carbocycles. The van der Waals surface area contributed by atoms with Crippen LogP contribution in [0.5, 0.6) is 0 Å². The largest absolute Gasteiger partial charge is 0.255 e. The predicted molar refractivity (Wildman–Crippen MR) is 144 cm³/mol. The van der Waals surface area contributed by atoms with Gasteiger partial charge in [0, 0.05) is 34.0 Å². The molecule has 0 saturated carbocycles. The van der Waals surface area contributed by atoms with Gasteiger partial charge in [0.2, 0.25) is 0 Å². The van der Waals surface area contributed by atoms with Crippen LogP contribution in [0.15, 0.2) is 77.8 Å². The van der Waals surface area contributed by atoms with Gasteiger partial charge in [0.25, 0.3) is 0 Å². The minimum atomic E-state index is 0.949. The van der Waals surface area contributed by atoms with Crippen molar-refractivity contribution in [2.45, 2.75) is 20.8 Å². The number of benzene rings is 1. The highest BCUT2D eigenvalue weighted by Gasteiger charge is 2.14. The highest BCUT2D eigenvalue weighted by Crippen LogP contribution is 2.35. The summed E-state index contributed by atoms with van der Waals surface area (Å²) in [6.07, 6.45) is 8.26. The van der Waals surface area contributed by atoms with E-state index in [1.54, 1.807) is 22.7 Å². The molecule has 0 aliphatic heterocycles. The molecule has 0 aliphatic carbocycles. The van der Waals surface area contributed by atoms with Gasteiger partial charge in [-0.15, -0.1) is 22.7 Å². The number of hydrogen-bond acceptors (Lipinski definition) is 4. The van der Waals surface area contributed by atoms with Crippen LogP contribution < -0.4 is 0 Å². The molecule has 4 heterocycles. The summed E-state index contributed by atoms with van der Waals surface area (Å²) >= 11 is 3.50. The maximum absolute atomic E-state index is 4.93. The average Bonchev–Trinajstić information content (AvgIpc) is 3.46. The molecule has 0 N–H and O–H groups in total. The van der Waals surface area contributed by atoms with Crippen molar-refractivity contribution < 1.29 is 0 Å². The predicted octanol–water partition coefficient (Wildman–Crippen LogP) is 8.70. The Balaban J connectivity index is 1.60. The molecule has 0 atom stereocenters. The Hall–Kier alpha value is -3.34. The Kier molecular flexibility index (Phi) is 6.03. The lowest BCUT2D eigenvalue weighted by Crippen LogP contribution is -1.94. The van der Waals surface area contributed by atoms with Gasteiger partial charge in [0.05, 0.1) is 16.3 Å². The fourth-order valence-electron chi connectivity index (χ4n) is 3.95. The minimum Gasteiger partial charge on any atom is -0.255 e. The van der Waals surface area contributed by atoms with Crippen LogP contribution in [-0.2, 0) is 0 Å². The summed E-state index contributed by atoms with van der Waals surface area (Å²) in [6.45, 7) is 6.42. The molecule has 0 radical (unpaired) electrons. The second-order valence-electron chi connectivity index (χ2n) is 8.16. The highest BCUT2D eigenvalue weighted by atomic mass is 32.1. The molecule has 5 rings (SSSR count). The highest BCUT2D eigenvalue weighted by molar-refractivity contribution is 7.14. The summed E-state index contributed by atoms with van der Waals surface area (Å²) in [5, 5.41) is 4.26. The zero-order valence-electron chi connectivity index (χ0n) is 18.9. The average molecular weight is 465 g/mol. The van der Waals surface area contributed by atoms with E-state index in [0.29, 0.717) is 0 Å². The number of aromatic nitrogens is 2. The van der Waals surface area contributed by atoms with Crippen LogP contribution in [-0.4, -0.2) is 9.97 Å². The Bertz CT molecular complexity index is 1440. The second kappa shape index (κ2) is 9.26. The van der Waals surface area contributed by atoms with Crippen molar-refractivity contribution >= 4 is 34.8 Å². The number of pyridine rings is 2. The monoisotopic (exact) mass is 464 g/mol. The molecule has 0 amide bonds. The molecule has 0 fully saturated rings. The first kappa shape index (κ1) is 21.5. The van der Waals surface area contributed by atoms with E-state index in [1.807, 2.05) is 18.5 Å². The van der Waals surface area contributed by atoms with Crippen molar-refractivity contribution in [1.29, 1.82) is 0 Å². The minimum absolute atomic E-state index is 0.949. The second-order valence-corrected chi connectivity index (χ2v) is 9.99. The van der Waals surface area contributed by atoms with Crippen molar-refractivity contribution in [3.8, 4) is 32.3 Å². The molecule has 0 unspecified atom stereocenters. The van der Waals surface area contributed by atoms with E-state index >= 15 is 0 Å². The smallest absolute Gasteiger partial charge is 0.0833 e. The van der Waals surface area contributed by atoms with Gasteiger partial charge in [-0.05, 0) is 78.1 Å². The number of thiophene rings is 2. The number of nitrogens with zero attached hydrogens (tertiary/aromatic N) is 2. The molecule has 162 valence electrons. The maximum Gasteiger partial charge on any atom is 0.0833 e. The van der Waals surface area contributed by atoms with Gasteiger partial charge < -0.3 is 0 Å². The van der Waals surface area contributed by atoms with Crippen molar-refractivity contribution in [3.63, 3.8) is 0 Å². The summed E-state index contributed by atoms with van der Waals surface area (Å²) in [6, 6.07) is 19.1. The Morgan fingerprint density at radius 2 is 1.30 bits per heavy atom. The molecule has 5 aromatic rings. The van der Waals surface area contributed by atoms with Crippen molar-refractivity contribution in [3.05, 3.63) is 106 Å². The Morgan fingerprint density at radius 3 is 1.97 bits per heavy atom. The van der Waals surface area contributed by atoms with Gasteiger partial charge >= 0.3 is 0 Å². The third-order valence-electron chi connectivity index (χ3n) is 5.73. The van der Waals surface area contributed by atoms with E-state index in [2.05, 4.69) is 92.2 Å². The van der Waals surface area contributed by atoms with Crippen LogP contribution in [0.25, 0.3) is 44.4 Å². The Labute approximate surface area is 203 Å². The molecule has 2 nitrogen and oxygen atoms in total. The molecule has 0 saturated heterocycles. The van der Waals surface area contributed by atoms with E-state index in [9.17, 15) is 0 Å². The molecular weight excluding hydrogens is 440 g/mol. The van der Waals surface area contributed by atoms with Gasteiger partial charge in [-0.1, -0.05) is 42.5 Å². The molecule has 4 aromatic heterocycles. The van der Waals surface area contributed by atoms with Gasteiger partial charge in [-0.25, -0.2) is 0 Å². The number of hydrogen-bond donors (Lipinski definition) is 0. The molecule has 0 spiro atoms. The standard InChI is InChI=1S/C29H24N2S2/c1-19-11-13-32-28(19)25-16-23(10-9-22-7-5-4-6-8-22)27(31-18-25)24-15-21(3)26(30-17-24)29-20(2)12-14-33-29/h4-18H,1-3H3/b10-9+. The fraction of sp³-hybridized carbons (Fsp3) is 0.103. The third kappa shape index (κ3) is 4.45. The van der Waals surface area contributed by atoms with E-state index in [4.69, 9.17) is 9.97 Å². The summed E-state index contributed by atoms with van der Waals surface area (Å²) < 4.78 is 0. The van der Waals surface area contributed by atoms with Crippen LogP contribution in [0.4, 0.5) is 0 Å². The van der Waals surface area contributed by atoms with Gasteiger partial charge in [0.15, 0.2) is 0 Å². The van der Waals surface area contributed by atoms with Crippen molar-refractivity contribution in [2.75, 3.05) is 0 Å². The third-order valence-corrected chi connectivity index (χ3v) is 7.81. The molecular formula is C29H24N2S2.